The van der Waals surface area contributed by atoms with E-state index in [4.69, 9.17) is 22.6 Å². The Hall–Kier alpha value is -1.80. The molecule has 2 N–H and O–H groups in total. The first kappa shape index (κ1) is 13.3. The zero-order valence-electron chi connectivity index (χ0n) is 9.64. The number of amides is 1. The minimum Gasteiger partial charge on any atom is -0.368 e. The number of hydrogen-bond donors (Lipinski definition) is 1. The number of primary amides is 1. The number of nitrogens with zero attached hydrogens (tertiary/aromatic N) is 3. The van der Waals surface area contributed by atoms with Crippen LogP contribution in [-0.4, -0.2) is 24.0 Å². The second-order valence-electron chi connectivity index (χ2n) is 3.56. The summed E-state index contributed by atoms with van der Waals surface area (Å²) in [6.45, 7) is 1.86. The third-order valence-corrected chi connectivity index (χ3v) is 2.79. The summed E-state index contributed by atoms with van der Waals surface area (Å²) in [5.41, 5.74) is 5.59. The molecule has 1 unspecified atom stereocenters. The maximum Gasteiger partial charge on any atom is 0.240 e. The van der Waals surface area contributed by atoms with Crippen LogP contribution in [0.5, 0.6) is 0 Å². The van der Waals surface area contributed by atoms with Gasteiger partial charge in [0.05, 0.1) is 5.56 Å². The first-order chi connectivity index (χ1) is 8.01. The fourth-order valence-corrected chi connectivity index (χ4v) is 1.72. The molecule has 1 amide bonds. The van der Waals surface area contributed by atoms with Crippen molar-refractivity contribution in [2.45, 2.75) is 19.4 Å². The minimum absolute atomic E-state index is 0.121. The van der Waals surface area contributed by atoms with E-state index in [0.29, 0.717) is 17.8 Å². The normalized spacial score (nSPS) is 11.6. The number of carbonyl (C=O) groups is 1. The van der Waals surface area contributed by atoms with Gasteiger partial charge < -0.3 is 10.6 Å². The lowest BCUT2D eigenvalue weighted by Gasteiger charge is -2.25. The van der Waals surface area contributed by atoms with Crippen LogP contribution in [0, 0.1) is 11.3 Å². The molecule has 0 spiro atoms. The molecule has 0 fully saturated rings. The van der Waals surface area contributed by atoms with Crippen LogP contribution in [-0.2, 0) is 4.79 Å². The summed E-state index contributed by atoms with van der Waals surface area (Å²) in [5.74, 6) is 0.0944. The van der Waals surface area contributed by atoms with Crippen LogP contribution < -0.4 is 10.6 Å². The van der Waals surface area contributed by atoms with E-state index in [-0.39, 0.29) is 5.15 Å². The highest BCUT2D eigenvalue weighted by molar-refractivity contribution is 6.30. The van der Waals surface area contributed by atoms with Gasteiger partial charge in [-0.1, -0.05) is 18.5 Å². The number of pyridine rings is 1. The van der Waals surface area contributed by atoms with Crippen LogP contribution in [0.3, 0.4) is 0 Å². The average Bonchev–Trinajstić information content (AvgIpc) is 2.29. The van der Waals surface area contributed by atoms with Crippen molar-refractivity contribution >= 4 is 23.3 Å². The summed E-state index contributed by atoms with van der Waals surface area (Å²) < 4.78 is 0. The molecule has 0 saturated heterocycles. The Morgan fingerprint density at radius 2 is 2.35 bits per heavy atom. The molecule has 0 aromatic carbocycles. The molecule has 5 nitrogen and oxygen atoms in total. The van der Waals surface area contributed by atoms with Crippen molar-refractivity contribution in [3.8, 4) is 6.07 Å². The Morgan fingerprint density at radius 3 is 2.76 bits per heavy atom. The summed E-state index contributed by atoms with van der Waals surface area (Å²) in [6, 6.07) is 4.68. The number of rotatable bonds is 4. The van der Waals surface area contributed by atoms with Crippen molar-refractivity contribution in [1.82, 2.24) is 4.98 Å². The number of halogens is 1. The van der Waals surface area contributed by atoms with Crippen LogP contribution >= 0.6 is 11.6 Å². The zero-order chi connectivity index (χ0) is 13.0. The highest BCUT2D eigenvalue weighted by Crippen LogP contribution is 2.19. The summed E-state index contributed by atoms with van der Waals surface area (Å²) in [5, 5.41) is 8.85. The largest absolute Gasteiger partial charge is 0.368 e. The molecule has 1 aromatic heterocycles. The number of hydrogen-bond acceptors (Lipinski definition) is 4. The molecule has 0 radical (unpaired) electrons. The number of carbonyl (C=O) groups excluding carboxylic acids is 1. The molecular formula is C11H13ClN4O. The van der Waals surface area contributed by atoms with E-state index in [1.54, 1.807) is 24.1 Å². The number of anilines is 1. The summed E-state index contributed by atoms with van der Waals surface area (Å²) in [4.78, 5) is 16.9. The third-order valence-electron chi connectivity index (χ3n) is 2.50. The van der Waals surface area contributed by atoms with Gasteiger partial charge in [-0.2, -0.15) is 5.26 Å². The van der Waals surface area contributed by atoms with E-state index in [2.05, 4.69) is 4.98 Å². The molecule has 1 rings (SSSR count). The number of likely N-dealkylation sites (N-methyl/N-ethyl adjacent to an activating group) is 1. The van der Waals surface area contributed by atoms with Crippen molar-refractivity contribution in [2.24, 2.45) is 5.73 Å². The van der Waals surface area contributed by atoms with Crippen LogP contribution in [0.15, 0.2) is 12.1 Å². The molecule has 0 bridgehead atoms. The molecule has 1 heterocycles. The average molecular weight is 253 g/mol. The minimum atomic E-state index is -0.438. The van der Waals surface area contributed by atoms with Gasteiger partial charge in [0, 0.05) is 7.05 Å². The maximum absolute atomic E-state index is 11.2. The van der Waals surface area contributed by atoms with Crippen molar-refractivity contribution in [3.05, 3.63) is 22.8 Å². The van der Waals surface area contributed by atoms with Gasteiger partial charge in [0.25, 0.3) is 0 Å². The van der Waals surface area contributed by atoms with E-state index in [1.807, 2.05) is 13.0 Å². The van der Waals surface area contributed by atoms with Gasteiger partial charge in [0.15, 0.2) is 0 Å². The van der Waals surface area contributed by atoms with Crippen LogP contribution in [0.2, 0.25) is 5.15 Å². The fourth-order valence-electron chi connectivity index (χ4n) is 1.53. The smallest absolute Gasteiger partial charge is 0.240 e. The summed E-state index contributed by atoms with van der Waals surface area (Å²) >= 11 is 5.82. The monoisotopic (exact) mass is 252 g/mol. The van der Waals surface area contributed by atoms with E-state index in [1.165, 1.54) is 0 Å². The molecule has 1 atom stereocenters. The molecule has 0 aliphatic rings. The van der Waals surface area contributed by atoms with Gasteiger partial charge in [-0.25, -0.2) is 4.98 Å². The Bertz CT molecular complexity index is 469. The van der Waals surface area contributed by atoms with Gasteiger partial charge in [-0.3, -0.25) is 4.79 Å². The van der Waals surface area contributed by atoms with Gasteiger partial charge in [-0.05, 0) is 18.6 Å². The van der Waals surface area contributed by atoms with Gasteiger partial charge in [-0.15, -0.1) is 0 Å². The zero-order valence-corrected chi connectivity index (χ0v) is 10.4. The maximum atomic E-state index is 11.2. The van der Waals surface area contributed by atoms with E-state index < -0.39 is 11.9 Å². The second-order valence-corrected chi connectivity index (χ2v) is 3.91. The van der Waals surface area contributed by atoms with E-state index in [9.17, 15) is 4.79 Å². The number of aromatic nitrogens is 1. The fraction of sp³-hybridized carbons (Fsp3) is 0.364. The highest BCUT2D eigenvalue weighted by Gasteiger charge is 2.20. The highest BCUT2D eigenvalue weighted by atomic mass is 35.5. The van der Waals surface area contributed by atoms with Crippen molar-refractivity contribution in [2.75, 3.05) is 11.9 Å². The van der Waals surface area contributed by atoms with E-state index in [0.717, 1.165) is 0 Å². The lowest BCUT2D eigenvalue weighted by molar-refractivity contribution is -0.119. The Balaban J connectivity index is 3.05. The molecular weight excluding hydrogens is 240 g/mol. The Labute approximate surface area is 105 Å². The van der Waals surface area contributed by atoms with E-state index >= 15 is 0 Å². The SMILES string of the molecule is CCC(C(N)=O)N(C)c1ccc(C#N)c(Cl)n1. The van der Waals surface area contributed by atoms with Crippen molar-refractivity contribution < 1.29 is 4.79 Å². The molecule has 6 heteroatoms. The molecule has 0 aliphatic carbocycles. The topological polar surface area (TPSA) is 83.0 Å². The molecule has 0 saturated carbocycles. The Morgan fingerprint density at radius 1 is 1.71 bits per heavy atom. The number of nitriles is 1. The third kappa shape index (κ3) is 2.86. The standard InChI is InChI=1S/C11H13ClN4O/c1-3-8(11(14)17)16(2)9-5-4-7(6-13)10(12)15-9/h4-5,8H,3H2,1-2H3,(H2,14,17). The van der Waals surface area contributed by atoms with Crippen LogP contribution in [0.25, 0.3) is 0 Å². The van der Waals surface area contributed by atoms with Crippen molar-refractivity contribution in [3.63, 3.8) is 0 Å². The van der Waals surface area contributed by atoms with Crippen LogP contribution in [0.4, 0.5) is 5.82 Å². The lowest BCUT2D eigenvalue weighted by Crippen LogP contribution is -2.42. The lowest BCUT2D eigenvalue weighted by atomic mass is 10.2. The molecule has 17 heavy (non-hydrogen) atoms. The first-order valence-corrected chi connectivity index (χ1v) is 5.47. The second kappa shape index (κ2) is 5.51. The van der Waals surface area contributed by atoms with Crippen molar-refractivity contribution in [1.29, 1.82) is 5.26 Å². The number of nitrogens with two attached hydrogens (primary N) is 1. The summed E-state index contributed by atoms with van der Waals surface area (Å²) in [6.07, 6.45) is 0.575. The first-order valence-electron chi connectivity index (χ1n) is 5.10. The van der Waals surface area contributed by atoms with Gasteiger partial charge in [0.1, 0.15) is 23.1 Å². The van der Waals surface area contributed by atoms with Gasteiger partial charge in [0.2, 0.25) is 5.91 Å². The Kier molecular flexibility index (Phi) is 4.30. The van der Waals surface area contributed by atoms with Gasteiger partial charge >= 0.3 is 0 Å². The molecule has 0 aliphatic heterocycles. The van der Waals surface area contributed by atoms with Crippen LogP contribution in [0.1, 0.15) is 18.9 Å². The molecule has 90 valence electrons. The molecule has 1 aromatic rings. The quantitative estimate of drug-likeness (QED) is 0.819. The predicted octanol–water partition coefficient (Wildman–Crippen LogP) is 1.31. The predicted molar refractivity (Wildman–Crippen MR) is 65.6 cm³/mol. The summed E-state index contributed by atoms with van der Waals surface area (Å²) in [7, 11) is 1.71.